The van der Waals surface area contributed by atoms with Crippen LogP contribution in [0.2, 0.25) is 0 Å². The molecule has 0 unspecified atom stereocenters. The van der Waals surface area contributed by atoms with E-state index in [0.717, 1.165) is 24.8 Å². The van der Waals surface area contributed by atoms with Crippen molar-refractivity contribution in [2.75, 3.05) is 19.6 Å². The highest BCUT2D eigenvalue weighted by atomic mass is 16.4. The molecule has 2 aliphatic rings. The molecule has 2 amide bonds. The molecule has 2 saturated heterocycles. The van der Waals surface area contributed by atoms with E-state index in [-0.39, 0.29) is 17.2 Å². The number of carboxylic acid groups (broad SMARTS) is 1. The number of nitrogens with zero attached hydrogens (tertiary/aromatic N) is 2. The highest BCUT2D eigenvalue weighted by Crippen LogP contribution is 2.43. The Bertz CT molecular complexity index is 656. The molecule has 0 saturated carbocycles. The van der Waals surface area contributed by atoms with E-state index in [0.29, 0.717) is 32.5 Å². The Hall–Kier alpha value is -2.37. The predicted octanol–water partition coefficient (Wildman–Crippen LogP) is 1.93. The minimum absolute atomic E-state index is 0.153. The van der Waals surface area contributed by atoms with E-state index in [4.69, 9.17) is 0 Å². The number of rotatable bonds is 4. The van der Waals surface area contributed by atoms with Crippen LogP contribution in [0.15, 0.2) is 30.3 Å². The first-order valence-electron chi connectivity index (χ1n) is 9.22. The Balaban J connectivity index is 1.54. The van der Waals surface area contributed by atoms with E-state index >= 15 is 0 Å². The lowest BCUT2D eigenvalue weighted by Gasteiger charge is -2.39. The minimum atomic E-state index is -0.932. The monoisotopic (exact) mass is 358 g/mol. The second-order valence-electron chi connectivity index (χ2n) is 7.57. The summed E-state index contributed by atoms with van der Waals surface area (Å²) in [5.41, 5.74) is 0.997. The highest BCUT2D eigenvalue weighted by molar-refractivity contribution is 5.83. The zero-order chi connectivity index (χ0) is 18.7. The summed E-state index contributed by atoms with van der Waals surface area (Å²) in [7, 11) is 0. The van der Waals surface area contributed by atoms with Gasteiger partial charge in [-0.25, -0.2) is 4.79 Å². The number of carbonyl (C=O) groups excluding carboxylic acids is 2. The van der Waals surface area contributed by atoms with E-state index in [2.05, 4.69) is 0 Å². The summed E-state index contributed by atoms with van der Waals surface area (Å²) < 4.78 is 0. The predicted molar refractivity (Wildman–Crippen MR) is 96.4 cm³/mol. The normalized spacial score (nSPS) is 21.8. The molecule has 1 atom stereocenters. The third-order valence-corrected chi connectivity index (χ3v) is 5.85. The molecular weight excluding hydrogens is 332 g/mol. The zero-order valence-electron chi connectivity index (χ0n) is 15.2. The van der Waals surface area contributed by atoms with E-state index < -0.39 is 12.0 Å². The van der Waals surface area contributed by atoms with Crippen LogP contribution >= 0.6 is 0 Å². The van der Waals surface area contributed by atoms with E-state index in [1.54, 1.807) is 0 Å². The molecule has 0 radical (unpaired) electrons. The molecular formula is C20H26N2O4. The van der Waals surface area contributed by atoms with E-state index in [1.807, 2.05) is 35.2 Å². The molecule has 1 aromatic rings. The third-order valence-electron chi connectivity index (χ3n) is 5.85. The maximum Gasteiger partial charge on any atom is 0.326 e. The largest absolute Gasteiger partial charge is 0.480 e. The average Bonchev–Trinajstić information content (AvgIpc) is 3.01. The van der Waals surface area contributed by atoms with Crippen molar-refractivity contribution in [1.82, 2.24) is 9.80 Å². The van der Waals surface area contributed by atoms with Gasteiger partial charge in [-0.2, -0.15) is 0 Å². The Labute approximate surface area is 153 Å². The lowest BCUT2D eigenvalue weighted by atomic mass is 9.76. The van der Waals surface area contributed by atoms with Gasteiger partial charge in [0.2, 0.25) is 11.8 Å². The smallest absolute Gasteiger partial charge is 0.326 e. The number of likely N-dealkylation sites (tertiary alicyclic amines) is 2. The second kappa shape index (κ2) is 7.48. The van der Waals surface area contributed by atoms with Crippen LogP contribution < -0.4 is 0 Å². The number of carboxylic acids is 1. The van der Waals surface area contributed by atoms with Gasteiger partial charge >= 0.3 is 5.97 Å². The molecule has 140 valence electrons. The summed E-state index contributed by atoms with van der Waals surface area (Å²) in [5, 5.41) is 9.41. The number of aryl methyl sites for hydroxylation is 1. The van der Waals surface area contributed by atoms with Crippen molar-refractivity contribution < 1.29 is 19.5 Å². The molecule has 6 heteroatoms. The second-order valence-corrected chi connectivity index (χ2v) is 7.57. The lowest BCUT2D eigenvalue weighted by molar-refractivity contribution is -0.147. The average molecular weight is 358 g/mol. The van der Waals surface area contributed by atoms with Crippen molar-refractivity contribution in [3.63, 3.8) is 0 Å². The molecule has 1 aromatic carbocycles. The first-order chi connectivity index (χ1) is 12.4. The summed E-state index contributed by atoms with van der Waals surface area (Å²) >= 11 is 0. The molecule has 2 aliphatic heterocycles. The van der Waals surface area contributed by atoms with Gasteiger partial charge in [0, 0.05) is 33.0 Å². The van der Waals surface area contributed by atoms with Crippen LogP contribution in [0.1, 0.15) is 38.2 Å². The molecule has 1 N–H and O–H groups in total. The van der Waals surface area contributed by atoms with Crippen molar-refractivity contribution in [3.8, 4) is 0 Å². The van der Waals surface area contributed by atoms with Crippen LogP contribution in [0.3, 0.4) is 0 Å². The number of hydrogen-bond acceptors (Lipinski definition) is 3. The summed E-state index contributed by atoms with van der Waals surface area (Å²) in [6.45, 7) is 3.21. The van der Waals surface area contributed by atoms with Crippen LogP contribution in [-0.4, -0.2) is 58.4 Å². The number of piperidine rings is 1. The highest BCUT2D eigenvalue weighted by Gasteiger charge is 2.49. The molecule has 2 heterocycles. The maximum absolute atomic E-state index is 12.5. The number of hydrogen-bond donors (Lipinski definition) is 1. The summed E-state index contributed by atoms with van der Waals surface area (Å²) in [5.74, 6) is -0.964. The third kappa shape index (κ3) is 3.89. The van der Waals surface area contributed by atoms with Crippen molar-refractivity contribution in [2.24, 2.45) is 5.41 Å². The molecule has 3 rings (SSSR count). The number of amides is 2. The Morgan fingerprint density at radius 3 is 2.35 bits per heavy atom. The van der Waals surface area contributed by atoms with Crippen molar-refractivity contribution >= 4 is 17.8 Å². The quantitative estimate of drug-likeness (QED) is 0.892. The number of aliphatic carboxylic acids is 1. The number of carbonyl (C=O) groups is 3. The van der Waals surface area contributed by atoms with Gasteiger partial charge in [0.15, 0.2) is 0 Å². The SMILES string of the molecule is CC(=O)N1CC2(CCN(C(=O)CCc3ccccc3)CC2)C[C@@H]1C(=O)O. The zero-order valence-corrected chi connectivity index (χ0v) is 15.2. The fourth-order valence-electron chi connectivity index (χ4n) is 4.25. The standard InChI is InChI=1S/C20H26N2O4/c1-15(23)22-14-20(13-17(22)19(25)26)9-11-21(12-10-20)18(24)8-7-16-5-3-2-4-6-16/h2-6,17H,7-14H2,1H3,(H,25,26)/t17-/m1/s1. The van der Waals surface area contributed by atoms with Gasteiger partial charge in [-0.15, -0.1) is 0 Å². The molecule has 0 aromatic heterocycles. The van der Waals surface area contributed by atoms with Crippen LogP contribution in [0.5, 0.6) is 0 Å². The fraction of sp³-hybridized carbons (Fsp3) is 0.550. The number of benzene rings is 1. The Kier molecular flexibility index (Phi) is 5.30. The molecule has 1 spiro atoms. The van der Waals surface area contributed by atoms with Crippen molar-refractivity contribution in [2.45, 2.75) is 45.1 Å². The van der Waals surface area contributed by atoms with Crippen molar-refractivity contribution in [1.29, 1.82) is 0 Å². The molecule has 6 nitrogen and oxygen atoms in total. The topological polar surface area (TPSA) is 77.9 Å². The Morgan fingerprint density at radius 1 is 1.15 bits per heavy atom. The molecule has 2 fully saturated rings. The van der Waals surface area contributed by atoms with Crippen LogP contribution in [0, 0.1) is 5.41 Å². The van der Waals surface area contributed by atoms with Gasteiger partial charge in [0.1, 0.15) is 6.04 Å². The lowest BCUT2D eigenvalue weighted by Crippen LogP contribution is -2.44. The van der Waals surface area contributed by atoms with Gasteiger partial charge in [-0.05, 0) is 36.7 Å². The first-order valence-corrected chi connectivity index (χ1v) is 9.22. The van der Waals surface area contributed by atoms with Gasteiger partial charge in [0.25, 0.3) is 0 Å². The summed E-state index contributed by atoms with van der Waals surface area (Å²) in [6, 6.07) is 9.24. The van der Waals surface area contributed by atoms with Gasteiger partial charge in [-0.1, -0.05) is 30.3 Å². The van der Waals surface area contributed by atoms with Crippen molar-refractivity contribution in [3.05, 3.63) is 35.9 Å². The van der Waals surface area contributed by atoms with Gasteiger partial charge in [-0.3, -0.25) is 9.59 Å². The Morgan fingerprint density at radius 2 is 1.81 bits per heavy atom. The molecule has 26 heavy (non-hydrogen) atoms. The molecule has 0 aliphatic carbocycles. The van der Waals surface area contributed by atoms with Crippen LogP contribution in [0.25, 0.3) is 0 Å². The van der Waals surface area contributed by atoms with E-state index in [9.17, 15) is 19.5 Å². The van der Waals surface area contributed by atoms with E-state index in [1.165, 1.54) is 11.8 Å². The first kappa shape index (κ1) is 18.4. The van der Waals surface area contributed by atoms with Gasteiger partial charge in [0.05, 0.1) is 0 Å². The summed E-state index contributed by atoms with van der Waals surface area (Å²) in [4.78, 5) is 39.1. The van der Waals surface area contributed by atoms with Gasteiger partial charge < -0.3 is 14.9 Å². The fourth-order valence-corrected chi connectivity index (χ4v) is 4.25. The summed E-state index contributed by atoms with van der Waals surface area (Å²) in [6.07, 6.45) is 3.25. The van der Waals surface area contributed by atoms with Crippen LogP contribution in [-0.2, 0) is 20.8 Å². The minimum Gasteiger partial charge on any atom is -0.480 e. The molecule has 0 bridgehead atoms. The van der Waals surface area contributed by atoms with Crippen LogP contribution in [0.4, 0.5) is 0 Å². The maximum atomic E-state index is 12.5.